The van der Waals surface area contributed by atoms with Crippen LogP contribution in [-0.4, -0.2) is 35.7 Å². The number of carbonyl (C=O) groups excluding carboxylic acids is 2. The van der Waals surface area contributed by atoms with Gasteiger partial charge in [0.1, 0.15) is 0 Å². The van der Waals surface area contributed by atoms with Gasteiger partial charge in [0.15, 0.2) is 5.78 Å². The highest BCUT2D eigenvalue weighted by atomic mass is 35.5. The lowest BCUT2D eigenvalue weighted by molar-refractivity contribution is -0.119. The molecular formula is C13H17ClN2O2. The summed E-state index contributed by atoms with van der Waals surface area (Å²) in [6.07, 6.45) is 0. The molecule has 4 nitrogen and oxygen atoms in total. The molecule has 0 aliphatic carbocycles. The molecule has 1 unspecified atom stereocenters. The Bertz CT molecular complexity index is 431. The van der Waals surface area contributed by atoms with Gasteiger partial charge in [-0.2, -0.15) is 0 Å². The number of nitrogens with zero attached hydrogens (tertiary/aromatic N) is 1. The Kier molecular flexibility index (Phi) is 5.31. The van der Waals surface area contributed by atoms with Gasteiger partial charge in [0.2, 0.25) is 5.91 Å². The molecule has 0 fully saturated rings. The summed E-state index contributed by atoms with van der Waals surface area (Å²) in [5, 5.41) is 0.587. The van der Waals surface area contributed by atoms with Gasteiger partial charge in [-0.25, -0.2) is 0 Å². The minimum atomic E-state index is -0.437. The summed E-state index contributed by atoms with van der Waals surface area (Å²) in [6, 6.07) is 6.32. The second-order valence-corrected chi connectivity index (χ2v) is 4.51. The zero-order chi connectivity index (χ0) is 13.7. The van der Waals surface area contributed by atoms with E-state index in [0.717, 1.165) is 0 Å². The Labute approximate surface area is 112 Å². The number of hydrogen-bond donors (Lipinski definition) is 1. The molecule has 1 aromatic rings. The molecule has 0 spiro atoms. The van der Waals surface area contributed by atoms with Crippen LogP contribution < -0.4 is 5.73 Å². The van der Waals surface area contributed by atoms with E-state index in [4.69, 9.17) is 17.3 Å². The molecular weight excluding hydrogens is 252 g/mol. The van der Waals surface area contributed by atoms with Crippen LogP contribution in [0, 0.1) is 0 Å². The molecule has 0 saturated heterocycles. The molecule has 0 saturated carbocycles. The molecule has 1 rings (SSSR count). The third-order valence-electron chi connectivity index (χ3n) is 2.82. The van der Waals surface area contributed by atoms with E-state index < -0.39 is 5.91 Å². The fourth-order valence-electron chi connectivity index (χ4n) is 1.74. The van der Waals surface area contributed by atoms with Crippen molar-refractivity contribution in [3.05, 3.63) is 34.9 Å². The van der Waals surface area contributed by atoms with Gasteiger partial charge >= 0.3 is 0 Å². The van der Waals surface area contributed by atoms with Gasteiger partial charge < -0.3 is 5.73 Å². The monoisotopic (exact) mass is 268 g/mol. The van der Waals surface area contributed by atoms with Crippen molar-refractivity contribution in [2.24, 2.45) is 5.73 Å². The minimum absolute atomic E-state index is 0.0465. The first-order chi connectivity index (χ1) is 8.45. The first kappa shape index (κ1) is 14.7. The third-order valence-corrected chi connectivity index (χ3v) is 3.07. The van der Waals surface area contributed by atoms with Crippen LogP contribution in [0.4, 0.5) is 0 Å². The van der Waals surface area contributed by atoms with E-state index in [0.29, 0.717) is 17.1 Å². The maximum atomic E-state index is 12.2. The van der Waals surface area contributed by atoms with Crippen LogP contribution in [0.3, 0.4) is 0 Å². The summed E-state index contributed by atoms with van der Waals surface area (Å²) < 4.78 is 0. The molecule has 18 heavy (non-hydrogen) atoms. The number of halogens is 1. The quantitative estimate of drug-likeness (QED) is 0.799. The molecule has 1 amide bonds. The summed E-state index contributed by atoms with van der Waals surface area (Å²) in [5.74, 6) is -0.484. The maximum Gasteiger partial charge on any atom is 0.231 e. The summed E-state index contributed by atoms with van der Waals surface area (Å²) in [7, 11) is 0. The van der Waals surface area contributed by atoms with Crippen LogP contribution >= 0.6 is 11.6 Å². The number of amides is 1. The first-order valence-electron chi connectivity index (χ1n) is 5.77. The van der Waals surface area contributed by atoms with Gasteiger partial charge in [-0.1, -0.05) is 18.5 Å². The average Bonchev–Trinajstić information content (AvgIpc) is 2.35. The fourth-order valence-corrected chi connectivity index (χ4v) is 1.87. The van der Waals surface area contributed by atoms with Crippen LogP contribution in [0.15, 0.2) is 24.3 Å². The number of benzene rings is 1. The van der Waals surface area contributed by atoms with Crippen LogP contribution in [0.2, 0.25) is 5.02 Å². The Morgan fingerprint density at radius 1 is 1.33 bits per heavy atom. The van der Waals surface area contributed by atoms with Gasteiger partial charge in [0.25, 0.3) is 0 Å². The van der Waals surface area contributed by atoms with Crippen molar-refractivity contribution < 1.29 is 9.59 Å². The van der Waals surface area contributed by atoms with Crippen molar-refractivity contribution >= 4 is 23.3 Å². The predicted octanol–water partition coefficient (Wildman–Crippen LogP) is 1.72. The summed E-state index contributed by atoms with van der Waals surface area (Å²) in [5.41, 5.74) is 5.73. The van der Waals surface area contributed by atoms with Crippen molar-refractivity contribution in [3.63, 3.8) is 0 Å². The van der Waals surface area contributed by atoms with Gasteiger partial charge in [-0.3, -0.25) is 14.5 Å². The zero-order valence-corrected chi connectivity index (χ0v) is 11.3. The highest BCUT2D eigenvalue weighted by molar-refractivity contribution is 6.30. The SMILES string of the molecule is CCN(CC(N)=O)C(C)C(=O)c1ccc(Cl)cc1. The van der Waals surface area contributed by atoms with Crippen LogP contribution in [0.25, 0.3) is 0 Å². The molecule has 1 aromatic carbocycles. The number of carbonyl (C=O) groups is 2. The van der Waals surface area contributed by atoms with E-state index in [1.807, 2.05) is 6.92 Å². The van der Waals surface area contributed by atoms with Crippen molar-refractivity contribution in [2.75, 3.05) is 13.1 Å². The van der Waals surface area contributed by atoms with Gasteiger partial charge in [0, 0.05) is 10.6 Å². The van der Waals surface area contributed by atoms with Crippen LogP contribution in [-0.2, 0) is 4.79 Å². The Balaban J connectivity index is 2.81. The number of primary amides is 1. The summed E-state index contributed by atoms with van der Waals surface area (Å²) in [6.45, 7) is 4.32. The first-order valence-corrected chi connectivity index (χ1v) is 6.15. The molecule has 98 valence electrons. The number of ketones is 1. The van der Waals surface area contributed by atoms with Gasteiger partial charge in [-0.15, -0.1) is 0 Å². The fraction of sp³-hybridized carbons (Fsp3) is 0.385. The van der Waals surface area contributed by atoms with Gasteiger partial charge in [0.05, 0.1) is 12.6 Å². The lowest BCUT2D eigenvalue weighted by Gasteiger charge is -2.25. The van der Waals surface area contributed by atoms with E-state index in [1.165, 1.54) is 0 Å². The Morgan fingerprint density at radius 2 is 1.89 bits per heavy atom. The molecule has 0 bridgehead atoms. The number of rotatable bonds is 6. The molecule has 5 heteroatoms. The second-order valence-electron chi connectivity index (χ2n) is 4.08. The van der Waals surface area contributed by atoms with Crippen molar-refractivity contribution in [1.82, 2.24) is 4.90 Å². The number of likely N-dealkylation sites (N-methyl/N-ethyl adjacent to an activating group) is 1. The molecule has 0 aliphatic heterocycles. The number of Topliss-reactive ketones (excluding diaryl/α,β-unsaturated/α-hetero) is 1. The lowest BCUT2D eigenvalue weighted by atomic mass is 10.0. The zero-order valence-electron chi connectivity index (χ0n) is 10.5. The summed E-state index contributed by atoms with van der Waals surface area (Å²) >= 11 is 5.77. The molecule has 0 radical (unpaired) electrons. The molecule has 2 N–H and O–H groups in total. The third kappa shape index (κ3) is 3.82. The summed E-state index contributed by atoms with van der Waals surface area (Å²) in [4.78, 5) is 24.9. The van der Waals surface area contributed by atoms with E-state index >= 15 is 0 Å². The van der Waals surface area contributed by atoms with Crippen LogP contribution in [0.1, 0.15) is 24.2 Å². The second kappa shape index (κ2) is 6.52. The van der Waals surface area contributed by atoms with Crippen LogP contribution in [0.5, 0.6) is 0 Å². The lowest BCUT2D eigenvalue weighted by Crippen LogP contribution is -2.43. The van der Waals surface area contributed by atoms with Crippen molar-refractivity contribution in [1.29, 1.82) is 0 Å². The average molecular weight is 269 g/mol. The Morgan fingerprint density at radius 3 is 2.33 bits per heavy atom. The highest BCUT2D eigenvalue weighted by Gasteiger charge is 2.22. The molecule has 1 atom stereocenters. The smallest absolute Gasteiger partial charge is 0.231 e. The minimum Gasteiger partial charge on any atom is -0.369 e. The van der Waals surface area contributed by atoms with E-state index in [2.05, 4.69) is 0 Å². The predicted molar refractivity (Wildman–Crippen MR) is 71.7 cm³/mol. The van der Waals surface area contributed by atoms with E-state index in [-0.39, 0.29) is 18.4 Å². The van der Waals surface area contributed by atoms with Crippen molar-refractivity contribution in [3.8, 4) is 0 Å². The topological polar surface area (TPSA) is 63.4 Å². The molecule has 0 heterocycles. The normalized spacial score (nSPS) is 12.4. The van der Waals surface area contributed by atoms with E-state index in [9.17, 15) is 9.59 Å². The largest absolute Gasteiger partial charge is 0.369 e. The maximum absolute atomic E-state index is 12.2. The number of nitrogens with two attached hydrogens (primary N) is 1. The standard InChI is InChI=1S/C13H17ClN2O2/c1-3-16(8-12(15)17)9(2)13(18)10-4-6-11(14)7-5-10/h4-7,9H,3,8H2,1-2H3,(H2,15,17). The molecule has 0 aliphatic rings. The number of hydrogen-bond acceptors (Lipinski definition) is 3. The highest BCUT2D eigenvalue weighted by Crippen LogP contribution is 2.13. The molecule has 0 aromatic heterocycles. The van der Waals surface area contributed by atoms with E-state index in [1.54, 1.807) is 36.1 Å². The van der Waals surface area contributed by atoms with Gasteiger partial charge in [-0.05, 0) is 37.7 Å². The van der Waals surface area contributed by atoms with Crippen molar-refractivity contribution in [2.45, 2.75) is 19.9 Å². The Hall–Kier alpha value is -1.39.